The molecule has 0 aliphatic heterocycles. The summed E-state index contributed by atoms with van der Waals surface area (Å²) < 4.78 is 0. The van der Waals surface area contributed by atoms with Crippen molar-refractivity contribution in [2.24, 2.45) is 0 Å². The number of aliphatic hydroxyl groups is 1. The summed E-state index contributed by atoms with van der Waals surface area (Å²) in [7, 11) is 0. The standard InChI is InChI=1S/C10H18ClNO2/c1-8(2)10(14)12-9(13)6-4-3-5-7-11/h9,13H,1,3-7H2,2H3,(H,12,14). The fraction of sp³-hybridized carbons (Fsp3) is 0.700. The number of carbonyl (C=O) groups excluding carboxylic acids is 1. The SMILES string of the molecule is C=C(C)C(=O)NC(O)CCCCCCl. The summed E-state index contributed by atoms with van der Waals surface area (Å²) in [6, 6.07) is 0. The van der Waals surface area contributed by atoms with Gasteiger partial charge in [0.1, 0.15) is 6.23 Å². The highest BCUT2D eigenvalue weighted by Gasteiger charge is 2.08. The average molecular weight is 220 g/mol. The van der Waals surface area contributed by atoms with E-state index in [-0.39, 0.29) is 5.91 Å². The molecule has 0 aromatic heterocycles. The van der Waals surface area contributed by atoms with E-state index < -0.39 is 6.23 Å². The molecule has 1 atom stereocenters. The van der Waals surface area contributed by atoms with Crippen molar-refractivity contribution in [3.8, 4) is 0 Å². The van der Waals surface area contributed by atoms with Crippen molar-refractivity contribution in [2.45, 2.75) is 38.8 Å². The molecule has 0 aliphatic rings. The average Bonchev–Trinajstić information content (AvgIpc) is 2.12. The molecule has 0 fully saturated rings. The van der Waals surface area contributed by atoms with Crippen LogP contribution in [0.25, 0.3) is 0 Å². The lowest BCUT2D eigenvalue weighted by molar-refractivity contribution is -0.120. The summed E-state index contributed by atoms with van der Waals surface area (Å²) in [6.45, 7) is 5.08. The molecule has 0 radical (unpaired) electrons. The minimum atomic E-state index is -0.769. The molecular weight excluding hydrogens is 202 g/mol. The number of nitrogens with one attached hydrogen (secondary N) is 1. The first-order valence-corrected chi connectivity index (χ1v) is 5.31. The van der Waals surface area contributed by atoms with Gasteiger partial charge in [-0.05, 0) is 26.2 Å². The molecule has 0 aromatic rings. The third kappa shape index (κ3) is 6.92. The summed E-state index contributed by atoms with van der Waals surface area (Å²) in [4.78, 5) is 11.1. The van der Waals surface area contributed by atoms with Crippen LogP contribution in [0.2, 0.25) is 0 Å². The summed E-state index contributed by atoms with van der Waals surface area (Å²) in [5.41, 5.74) is 0.407. The molecule has 1 amide bonds. The number of halogens is 1. The van der Waals surface area contributed by atoms with E-state index in [0.717, 1.165) is 19.3 Å². The molecule has 0 spiro atoms. The Morgan fingerprint density at radius 2 is 2.14 bits per heavy atom. The topological polar surface area (TPSA) is 49.3 Å². The highest BCUT2D eigenvalue weighted by Crippen LogP contribution is 2.03. The summed E-state index contributed by atoms with van der Waals surface area (Å²) >= 11 is 5.50. The van der Waals surface area contributed by atoms with E-state index in [1.54, 1.807) is 6.92 Å². The Hall–Kier alpha value is -0.540. The first-order valence-electron chi connectivity index (χ1n) is 4.78. The maximum absolute atomic E-state index is 11.1. The highest BCUT2D eigenvalue weighted by molar-refractivity contribution is 6.17. The Morgan fingerprint density at radius 3 is 2.64 bits per heavy atom. The summed E-state index contributed by atoms with van der Waals surface area (Å²) in [6.07, 6.45) is 2.58. The van der Waals surface area contributed by atoms with Gasteiger partial charge in [-0.15, -0.1) is 11.6 Å². The number of hydrogen-bond acceptors (Lipinski definition) is 2. The zero-order chi connectivity index (χ0) is 11.0. The Labute approximate surface area is 90.1 Å². The van der Waals surface area contributed by atoms with Gasteiger partial charge in [0.25, 0.3) is 0 Å². The van der Waals surface area contributed by atoms with Gasteiger partial charge in [0.05, 0.1) is 0 Å². The third-order valence-corrected chi connectivity index (χ3v) is 2.06. The number of unbranched alkanes of at least 4 members (excludes halogenated alkanes) is 2. The maximum atomic E-state index is 11.1. The fourth-order valence-corrected chi connectivity index (χ4v) is 1.14. The molecule has 0 saturated carbocycles. The monoisotopic (exact) mass is 219 g/mol. The number of hydrogen-bond donors (Lipinski definition) is 2. The molecule has 0 bridgehead atoms. The largest absolute Gasteiger partial charge is 0.374 e. The summed E-state index contributed by atoms with van der Waals surface area (Å²) in [5.74, 6) is 0.351. The van der Waals surface area contributed by atoms with E-state index in [2.05, 4.69) is 11.9 Å². The Kier molecular flexibility index (Phi) is 7.52. The predicted octanol–water partition coefficient (Wildman–Crippen LogP) is 1.80. The number of aliphatic hydroxyl groups excluding tert-OH is 1. The van der Waals surface area contributed by atoms with Crippen molar-refractivity contribution < 1.29 is 9.90 Å². The first kappa shape index (κ1) is 13.5. The van der Waals surface area contributed by atoms with E-state index in [1.165, 1.54) is 0 Å². The predicted molar refractivity (Wildman–Crippen MR) is 58.2 cm³/mol. The van der Waals surface area contributed by atoms with E-state index in [1.807, 2.05) is 0 Å². The van der Waals surface area contributed by atoms with Gasteiger partial charge in [0.15, 0.2) is 0 Å². The van der Waals surface area contributed by atoms with Gasteiger partial charge in [0.2, 0.25) is 5.91 Å². The Bertz CT molecular complexity index is 195. The second kappa shape index (κ2) is 7.83. The van der Waals surface area contributed by atoms with Crippen LogP contribution in [0.4, 0.5) is 0 Å². The minimum Gasteiger partial charge on any atom is -0.374 e. The Morgan fingerprint density at radius 1 is 1.50 bits per heavy atom. The first-order chi connectivity index (χ1) is 6.57. The number of carbonyl (C=O) groups is 1. The van der Waals surface area contributed by atoms with Crippen LogP contribution >= 0.6 is 11.6 Å². The van der Waals surface area contributed by atoms with Crippen molar-refractivity contribution >= 4 is 17.5 Å². The smallest absolute Gasteiger partial charge is 0.248 e. The van der Waals surface area contributed by atoms with Crippen LogP contribution < -0.4 is 5.32 Å². The minimum absolute atomic E-state index is 0.296. The lowest BCUT2D eigenvalue weighted by Crippen LogP contribution is -2.34. The van der Waals surface area contributed by atoms with Crippen LogP contribution in [0.5, 0.6) is 0 Å². The van der Waals surface area contributed by atoms with E-state index >= 15 is 0 Å². The molecular formula is C10H18ClNO2. The molecule has 82 valence electrons. The lowest BCUT2D eigenvalue weighted by atomic mass is 10.2. The van der Waals surface area contributed by atoms with Gasteiger partial charge in [-0.2, -0.15) is 0 Å². The number of alkyl halides is 1. The van der Waals surface area contributed by atoms with Gasteiger partial charge < -0.3 is 10.4 Å². The van der Waals surface area contributed by atoms with E-state index in [0.29, 0.717) is 17.9 Å². The van der Waals surface area contributed by atoms with Crippen molar-refractivity contribution in [1.29, 1.82) is 0 Å². The highest BCUT2D eigenvalue weighted by atomic mass is 35.5. The zero-order valence-corrected chi connectivity index (χ0v) is 9.31. The quantitative estimate of drug-likeness (QED) is 0.297. The normalized spacial score (nSPS) is 12.2. The number of rotatable bonds is 7. The molecule has 0 aliphatic carbocycles. The Balaban J connectivity index is 3.50. The van der Waals surface area contributed by atoms with Crippen LogP contribution in [0.1, 0.15) is 32.6 Å². The molecule has 3 nitrogen and oxygen atoms in total. The molecule has 4 heteroatoms. The van der Waals surface area contributed by atoms with Gasteiger partial charge in [-0.3, -0.25) is 4.79 Å². The molecule has 0 aromatic carbocycles. The molecule has 0 heterocycles. The van der Waals surface area contributed by atoms with Crippen LogP contribution in [-0.2, 0) is 4.79 Å². The van der Waals surface area contributed by atoms with Crippen LogP contribution in [0, 0.1) is 0 Å². The van der Waals surface area contributed by atoms with Gasteiger partial charge >= 0.3 is 0 Å². The van der Waals surface area contributed by atoms with E-state index in [9.17, 15) is 9.90 Å². The van der Waals surface area contributed by atoms with Crippen molar-refractivity contribution in [1.82, 2.24) is 5.32 Å². The second-order valence-electron chi connectivity index (χ2n) is 3.31. The summed E-state index contributed by atoms with van der Waals surface area (Å²) in [5, 5.41) is 11.8. The fourth-order valence-electron chi connectivity index (χ4n) is 0.956. The van der Waals surface area contributed by atoms with Crippen LogP contribution in [-0.4, -0.2) is 23.1 Å². The molecule has 14 heavy (non-hydrogen) atoms. The van der Waals surface area contributed by atoms with E-state index in [4.69, 9.17) is 11.6 Å². The van der Waals surface area contributed by atoms with Gasteiger partial charge in [-0.25, -0.2) is 0 Å². The van der Waals surface area contributed by atoms with Gasteiger partial charge in [-0.1, -0.05) is 13.0 Å². The van der Waals surface area contributed by atoms with Crippen molar-refractivity contribution in [2.75, 3.05) is 5.88 Å². The molecule has 1 unspecified atom stereocenters. The third-order valence-electron chi connectivity index (χ3n) is 1.80. The van der Waals surface area contributed by atoms with Gasteiger partial charge in [0, 0.05) is 11.5 Å². The van der Waals surface area contributed by atoms with Crippen LogP contribution in [0.3, 0.4) is 0 Å². The molecule has 0 rings (SSSR count). The van der Waals surface area contributed by atoms with Crippen molar-refractivity contribution in [3.63, 3.8) is 0 Å². The molecule has 2 N–H and O–H groups in total. The zero-order valence-electron chi connectivity index (χ0n) is 8.55. The van der Waals surface area contributed by atoms with Crippen molar-refractivity contribution in [3.05, 3.63) is 12.2 Å². The lowest BCUT2D eigenvalue weighted by Gasteiger charge is -2.12. The second-order valence-corrected chi connectivity index (χ2v) is 3.69. The maximum Gasteiger partial charge on any atom is 0.248 e. The van der Waals surface area contributed by atoms with Crippen LogP contribution in [0.15, 0.2) is 12.2 Å². The number of amides is 1. The molecule has 0 saturated heterocycles.